The van der Waals surface area contributed by atoms with Gasteiger partial charge in [0.15, 0.2) is 0 Å². The number of benzene rings is 2. The van der Waals surface area contributed by atoms with E-state index in [1.54, 1.807) is 30.3 Å². The van der Waals surface area contributed by atoms with E-state index in [-0.39, 0.29) is 24.2 Å². The summed E-state index contributed by atoms with van der Waals surface area (Å²) in [7, 11) is 0. The van der Waals surface area contributed by atoms with Crippen molar-refractivity contribution < 1.29 is 14.0 Å². The molecule has 1 heterocycles. The Morgan fingerprint density at radius 2 is 1.89 bits per heavy atom. The Hall–Kier alpha value is -2.40. The van der Waals surface area contributed by atoms with Gasteiger partial charge in [0.1, 0.15) is 12.4 Å². The molecular weight excluding hydrogens is 367 g/mol. The van der Waals surface area contributed by atoms with Crippen LogP contribution >= 0.6 is 11.6 Å². The van der Waals surface area contributed by atoms with Crippen molar-refractivity contribution in [3.05, 3.63) is 64.4 Å². The van der Waals surface area contributed by atoms with Crippen LogP contribution in [0.3, 0.4) is 0 Å². The molecule has 0 spiro atoms. The Kier molecular flexibility index (Phi) is 5.51. The molecule has 1 aliphatic rings. The molecule has 0 saturated carbocycles. The van der Waals surface area contributed by atoms with E-state index in [9.17, 15) is 14.0 Å². The third-order valence-electron chi connectivity index (χ3n) is 4.88. The van der Waals surface area contributed by atoms with Crippen molar-refractivity contribution in [1.29, 1.82) is 0 Å². The van der Waals surface area contributed by atoms with Crippen LogP contribution in [0, 0.1) is 5.82 Å². The van der Waals surface area contributed by atoms with Gasteiger partial charge in [-0.2, -0.15) is 0 Å². The second-order valence-electron chi connectivity index (χ2n) is 7.26. The standard InChI is InChI=1S/C21H22ClFN2O2/c1-21(2)17-12-15(22)7-10-18(17)25(20(21)27)13-19(26)24-11-3-4-14-5-8-16(23)9-6-14/h5-10,12H,3-4,11,13H2,1-2H3,(H,24,26). The fourth-order valence-corrected chi connectivity index (χ4v) is 3.51. The molecule has 1 aliphatic heterocycles. The van der Waals surface area contributed by atoms with Crippen molar-refractivity contribution in [2.45, 2.75) is 32.1 Å². The molecule has 3 rings (SSSR count). The van der Waals surface area contributed by atoms with Crippen LogP contribution in [0.1, 0.15) is 31.4 Å². The third-order valence-corrected chi connectivity index (χ3v) is 5.12. The van der Waals surface area contributed by atoms with Gasteiger partial charge in [-0.05, 0) is 68.1 Å². The molecule has 4 nitrogen and oxygen atoms in total. The number of carbonyl (C=O) groups excluding carboxylic acids is 2. The molecule has 0 aliphatic carbocycles. The minimum absolute atomic E-state index is 0.0204. The minimum Gasteiger partial charge on any atom is -0.355 e. The molecule has 0 unspecified atom stereocenters. The molecular formula is C21H22ClFN2O2. The van der Waals surface area contributed by atoms with E-state index in [2.05, 4.69) is 5.32 Å². The van der Waals surface area contributed by atoms with Gasteiger partial charge in [-0.25, -0.2) is 4.39 Å². The Morgan fingerprint density at radius 3 is 2.59 bits per heavy atom. The normalized spacial score (nSPS) is 15.0. The van der Waals surface area contributed by atoms with Crippen LogP contribution in [0.5, 0.6) is 0 Å². The maximum Gasteiger partial charge on any atom is 0.240 e. The monoisotopic (exact) mass is 388 g/mol. The smallest absolute Gasteiger partial charge is 0.240 e. The maximum atomic E-state index is 12.9. The fraction of sp³-hybridized carbons (Fsp3) is 0.333. The van der Waals surface area contributed by atoms with E-state index < -0.39 is 5.41 Å². The summed E-state index contributed by atoms with van der Waals surface area (Å²) in [6, 6.07) is 11.6. The van der Waals surface area contributed by atoms with Gasteiger partial charge < -0.3 is 10.2 Å². The number of aryl methyl sites for hydroxylation is 1. The summed E-state index contributed by atoms with van der Waals surface area (Å²) in [6.45, 7) is 4.15. The van der Waals surface area contributed by atoms with Crippen LogP contribution in [-0.2, 0) is 21.4 Å². The molecule has 0 fully saturated rings. The minimum atomic E-state index is -0.705. The molecule has 6 heteroatoms. The largest absolute Gasteiger partial charge is 0.355 e. The Labute approximate surface area is 163 Å². The summed E-state index contributed by atoms with van der Waals surface area (Å²) in [5.41, 5.74) is 1.89. The third kappa shape index (κ3) is 4.14. The lowest BCUT2D eigenvalue weighted by molar-refractivity contribution is -0.125. The summed E-state index contributed by atoms with van der Waals surface area (Å²) in [5, 5.41) is 3.42. The molecule has 27 heavy (non-hydrogen) atoms. The molecule has 0 atom stereocenters. The lowest BCUT2D eigenvalue weighted by atomic mass is 9.86. The molecule has 1 N–H and O–H groups in total. The van der Waals surface area contributed by atoms with E-state index in [4.69, 9.17) is 11.6 Å². The summed E-state index contributed by atoms with van der Waals surface area (Å²) in [6.07, 6.45) is 1.49. The average Bonchev–Trinajstić information content (AvgIpc) is 2.81. The highest BCUT2D eigenvalue weighted by atomic mass is 35.5. The predicted molar refractivity (Wildman–Crippen MR) is 105 cm³/mol. The second kappa shape index (κ2) is 7.69. The van der Waals surface area contributed by atoms with E-state index in [1.807, 2.05) is 13.8 Å². The van der Waals surface area contributed by atoms with Crippen molar-refractivity contribution in [2.75, 3.05) is 18.0 Å². The molecule has 0 radical (unpaired) electrons. The van der Waals surface area contributed by atoms with E-state index in [1.165, 1.54) is 17.0 Å². The second-order valence-corrected chi connectivity index (χ2v) is 7.69. The number of hydrogen-bond donors (Lipinski definition) is 1. The van der Waals surface area contributed by atoms with Gasteiger partial charge in [0, 0.05) is 17.3 Å². The van der Waals surface area contributed by atoms with Crippen molar-refractivity contribution in [2.24, 2.45) is 0 Å². The molecule has 0 saturated heterocycles. The summed E-state index contributed by atoms with van der Waals surface area (Å²) < 4.78 is 12.9. The Bertz CT molecular complexity index is 865. The van der Waals surface area contributed by atoms with E-state index in [0.717, 1.165) is 29.7 Å². The summed E-state index contributed by atoms with van der Waals surface area (Å²) in [4.78, 5) is 26.6. The Morgan fingerprint density at radius 1 is 1.19 bits per heavy atom. The highest BCUT2D eigenvalue weighted by Gasteiger charge is 2.44. The first-order valence-electron chi connectivity index (χ1n) is 8.92. The van der Waals surface area contributed by atoms with Crippen molar-refractivity contribution in [1.82, 2.24) is 5.32 Å². The number of halogens is 2. The highest BCUT2D eigenvalue weighted by molar-refractivity contribution is 6.31. The van der Waals surface area contributed by atoms with Crippen LogP contribution in [0.2, 0.25) is 5.02 Å². The summed E-state index contributed by atoms with van der Waals surface area (Å²) in [5.74, 6) is -0.575. The number of carbonyl (C=O) groups is 2. The van der Waals surface area contributed by atoms with Crippen LogP contribution < -0.4 is 10.2 Å². The zero-order valence-corrected chi connectivity index (χ0v) is 16.1. The average molecular weight is 389 g/mol. The first-order chi connectivity index (χ1) is 12.8. The van der Waals surface area contributed by atoms with Gasteiger partial charge in [-0.1, -0.05) is 23.7 Å². The first-order valence-corrected chi connectivity index (χ1v) is 9.30. The number of fused-ring (bicyclic) bond motifs is 1. The van der Waals surface area contributed by atoms with Crippen molar-refractivity contribution in [3.63, 3.8) is 0 Å². The fourth-order valence-electron chi connectivity index (χ4n) is 3.33. The van der Waals surface area contributed by atoms with Gasteiger partial charge in [0.2, 0.25) is 11.8 Å². The van der Waals surface area contributed by atoms with Gasteiger partial charge in [0.05, 0.1) is 5.41 Å². The molecule has 2 aromatic carbocycles. The van der Waals surface area contributed by atoms with Crippen LogP contribution in [0.25, 0.3) is 0 Å². The predicted octanol–water partition coefficient (Wildman–Crippen LogP) is 3.85. The lowest BCUT2D eigenvalue weighted by Crippen LogP contribution is -2.43. The van der Waals surface area contributed by atoms with Crippen molar-refractivity contribution in [3.8, 4) is 0 Å². The number of amides is 2. The number of hydrogen-bond acceptors (Lipinski definition) is 2. The molecule has 0 bridgehead atoms. The van der Waals surface area contributed by atoms with Gasteiger partial charge >= 0.3 is 0 Å². The number of anilines is 1. The topological polar surface area (TPSA) is 49.4 Å². The number of nitrogens with one attached hydrogen (secondary N) is 1. The highest BCUT2D eigenvalue weighted by Crippen LogP contribution is 2.42. The Balaban J connectivity index is 1.55. The number of nitrogens with zero attached hydrogens (tertiary/aromatic N) is 1. The summed E-state index contributed by atoms with van der Waals surface area (Å²) >= 11 is 6.07. The molecule has 0 aromatic heterocycles. The van der Waals surface area contributed by atoms with Gasteiger partial charge in [0.25, 0.3) is 0 Å². The van der Waals surface area contributed by atoms with Crippen LogP contribution in [0.15, 0.2) is 42.5 Å². The maximum absolute atomic E-state index is 12.9. The molecule has 2 amide bonds. The van der Waals surface area contributed by atoms with Gasteiger partial charge in [-0.3, -0.25) is 9.59 Å². The van der Waals surface area contributed by atoms with E-state index in [0.29, 0.717) is 11.6 Å². The zero-order valence-electron chi connectivity index (χ0n) is 15.4. The first kappa shape index (κ1) is 19.4. The lowest BCUT2D eigenvalue weighted by Gasteiger charge is -2.20. The zero-order chi connectivity index (χ0) is 19.6. The SMILES string of the molecule is CC1(C)C(=O)N(CC(=O)NCCCc2ccc(F)cc2)c2ccc(Cl)cc21. The quantitative estimate of drug-likeness (QED) is 0.764. The van der Waals surface area contributed by atoms with Crippen molar-refractivity contribution >= 4 is 29.1 Å². The van der Waals surface area contributed by atoms with Crippen LogP contribution in [0.4, 0.5) is 10.1 Å². The van der Waals surface area contributed by atoms with Gasteiger partial charge in [-0.15, -0.1) is 0 Å². The molecule has 142 valence electrons. The van der Waals surface area contributed by atoms with E-state index >= 15 is 0 Å². The molecule has 2 aromatic rings. The van der Waals surface area contributed by atoms with Crippen LogP contribution in [-0.4, -0.2) is 24.9 Å². The number of rotatable bonds is 6.